The highest BCUT2D eigenvalue weighted by Crippen LogP contribution is 2.34. The van der Waals surface area contributed by atoms with Crippen molar-refractivity contribution in [2.75, 3.05) is 0 Å². The van der Waals surface area contributed by atoms with Gasteiger partial charge in [-0.3, -0.25) is 0 Å². The van der Waals surface area contributed by atoms with Gasteiger partial charge < -0.3 is 5.11 Å². The number of rotatable bonds is 1. The molecule has 0 aliphatic rings. The van der Waals surface area contributed by atoms with Crippen molar-refractivity contribution in [2.45, 2.75) is 0 Å². The lowest BCUT2D eigenvalue weighted by Gasteiger charge is -2.06. The Morgan fingerprint density at radius 2 is 1.50 bits per heavy atom. The van der Waals surface area contributed by atoms with Gasteiger partial charge in [-0.25, -0.2) is 4.39 Å². The van der Waals surface area contributed by atoms with Gasteiger partial charge >= 0.3 is 0 Å². The van der Waals surface area contributed by atoms with E-state index in [2.05, 4.69) is 0 Å². The maximum Gasteiger partial charge on any atom is 0.132 e. The molecule has 0 saturated heterocycles. The van der Waals surface area contributed by atoms with Gasteiger partial charge in [-0.1, -0.05) is 23.2 Å². The molecule has 0 aliphatic heterocycles. The summed E-state index contributed by atoms with van der Waals surface area (Å²) in [5.74, 6) is -0.518. The molecule has 0 spiro atoms. The fourth-order valence-electron chi connectivity index (χ4n) is 1.43. The molecule has 0 radical (unpaired) electrons. The zero-order chi connectivity index (χ0) is 11.7. The third-order valence-electron chi connectivity index (χ3n) is 2.18. The first kappa shape index (κ1) is 11.2. The summed E-state index contributed by atoms with van der Waals surface area (Å²) >= 11 is 11.4. The summed E-state index contributed by atoms with van der Waals surface area (Å²) in [6.07, 6.45) is 0. The Morgan fingerprint density at radius 1 is 0.875 bits per heavy atom. The molecule has 0 aliphatic carbocycles. The van der Waals surface area contributed by atoms with E-state index in [1.807, 2.05) is 0 Å². The number of hydrogen-bond donors (Lipinski definition) is 1. The van der Waals surface area contributed by atoms with Crippen molar-refractivity contribution in [3.05, 3.63) is 52.3 Å². The number of halogens is 3. The maximum absolute atomic E-state index is 13.6. The second kappa shape index (κ2) is 4.32. The van der Waals surface area contributed by atoms with Crippen LogP contribution in [0, 0.1) is 5.82 Å². The van der Waals surface area contributed by atoms with Crippen LogP contribution < -0.4 is 0 Å². The normalized spacial score (nSPS) is 10.4. The fraction of sp³-hybridized carbons (Fsp3) is 0. The van der Waals surface area contributed by atoms with Crippen molar-refractivity contribution in [3.8, 4) is 16.9 Å². The summed E-state index contributed by atoms with van der Waals surface area (Å²) in [6.45, 7) is 0. The van der Waals surface area contributed by atoms with E-state index in [-0.39, 0.29) is 11.3 Å². The van der Waals surface area contributed by atoms with E-state index in [4.69, 9.17) is 23.2 Å². The molecule has 2 aromatic carbocycles. The molecule has 82 valence electrons. The second-order valence-corrected chi connectivity index (χ2v) is 4.16. The van der Waals surface area contributed by atoms with Gasteiger partial charge in [0, 0.05) is 21.2 Å². The molecule has 4 heteroatoms. The lowest BCUT2D eigenvalue weighted by molar-refractivity contribution is 0.476. The van der Waals surface area contributed by atoms with E-state index in [1.165, 1.54) is 30.3 Å². The van der Waals surface area contributed by atoms with Crippen LogP contribution in [0.15, 0.2) is 36.4 Å². The number of aromatic hydroxyl groups is 1. The summed E-state index contributed by atoms with van der Waals surface area (Å²) in [5, 5.41) is 10.4. The average Bonchev–Trinajstić information content (AvgIpc) is 2.22. The van der Waals surface area contributed by atoms with Crippen LogP contribution in [0.3, 0.4) is 0 Å². The third-order valence-corrected chi connectivity index (χ3v) is 2.65. The summed E-state index contributed by atoms with van der Waals surface area (Å²) in [5.41, 5.74) is 0.617. The van der Waals surface area contributed by atoms with Gasteiger partial charge in [0.15, 0.2) is 0 Å². The van der Waals surface area contributed by atoms with Gasteiger partial charge in [-0.2, -0.15) is 0 Å². The van der Waals surface area contributed by atoms with Crippen LogP contribution in [0.2, 0.25) is 10.0 Å². The highest BCUT2D eigenvalue weighted by molar-refractivity contribution is 6.31. The topological polar surface area (TPSA) is 20.2 Å². The van der Waals surface area contributed by atoms with Crippen molar-refractivity contribution in [1.82, 2.24) is 0 Å². The molecular weight excluding hydrogens is 250 g/mol. The molecule has 2 rings (SSSR count). The summed E-state index contributed by atoms with van der Waals surface area (Å²) in [7, 11) is 0. The Labute approximate surface area is 102 Å². The van der Waals surface area contributed by atoms with E-state index in [9.17, 15) is 9.50 Å². The minimum atomic E-state index is -0.495. The number of hydrogen-bond acceptors (Lipinski definition) is 1. The Morgan fingerprint density at radius 3 is 2.19 bits per heavy atom. The molecule has 0 amide bonds. The van der Waals surface area contributed by atoms with E-state index < -0.39 is 5.82 Å². The smallest absolute Gasteiger partial charge is 0.132 e. The molecule has 0 heterocycles. The van der Waals surface area contributed by atoms with Crippen molar-refractivity contribution in [3.63, 3.8) is 0 Å². The fourth-order valence-corrected chi connectivity index (χ4v) is 1.76. The molecule has 1 nitrogen and oxygen atoms in total. The van der Waals surface area contributed by atoms with Crippen LogP contribution in [0.25, 0.3) is 11.1 Å². The first-order chi connectivity index (χ1) is 7.58. The number of benzene rings is 2. The molecular formula is C12H7Cl2FO. The Kier molecular flexibility index (Phi) is 3.03. The first-order valence-corrected chi connectivity index (χ1v) is 5.27. The zero-order valence-electron chi connectivity index (χ0n) is 8.05. The van der Waals surface area contributed by atoms with E-state index >= 15 is 0 Å². The van der Waals surface area contributed by atoms with E-state index in [1.54, 1.807) is 6.07 Å². The quantitative estimate of drug-likeness (QED) is 0.797. The molecule has 0 bridgehead atoms. The van der Waals surface area contributed by atoms with Gasteiger partial charge in [0.05, 0.1) is 0 Å². The highest BCUT2D eigenvalue weighted by Gasteiger charge is 2.10. The molecule has 16 heavy (non-hydrogen) atoms. The third kappa shape index (κ3) is 2.13. The van der Waals surface area contributed by atoms with E-state index in [0.29, 0.717) is 15.6 Å². The second-order valence-electron chi connectivity index (χ2n) is 3.29. The molecule has 1 N–H and O–H groups in total. The van der Waals surface area contributed by atoms with Gasteiger partial charge in [0.25, 0.3) is 0 Å². The van der Waals surface area contributed by atoms with Gasteiger partial charge in [0.2, 0.25) is 0 Å². The summed E-state index contributed by atoms with van der Waals surface area (Å²) in [6, 6.07) is 8.71. The van der Waals surface area contributed by atoms with Crippen LogP contribution in [-0.4, -0.2) is 5.11 Å². The largest absolute Gasteiger partial charge is 0.507 e. The molecule has 0 atom stereocenters. The van der Waals surface area contributed by atoms with Gasteiger partial charge in [-0.15, -0.1) is 0 Å². The van der Waals surface area contributed by atoms with E-state index in [0.717, 1.165) is 0 Å². The summed E-state index contributed by atoms with van der Waals surface area (Å²) < 4.78 is 13.6. The van der Waals surface area contributed by atoms with Crippen molar-refractivity contribution in [1.29, 1.82) is 0 Å². The first-order valence-electron chi connectivity index (χ1n) is 4.52. The monoisotopic (exact) mass is 256 g/mol. The Bertz CT molecular complexity index is 541. The van der Waals surface area contributed by atoms with Crippen LogP contribution in [0.5, 0.6) is 5.75 Å². The van der Waals surface area contributed by atoms with Crippen LogP contribution in [-0.2, 0) is 0 Å². The Balaban J connectivity index is 2.62. The average molecular weight is 257 g/mol. The number of phenolic OH excluding ortho intramolecular Hbond substituents is 1. The van der Waals surface area contributed by atoms with Crippen LogP contribution in [0.1, 0.15) is 0 Å². The zero-order valence-corrected chi connectivity index (χ0v) is 9.56. The van der Waals surface area contributed by atoms with Crippen molar-refractivity contribution in [2.24, 2.45) is 0 Å². The molecule has 2 aromatic rings. The van der Waals surface area contributed by atoms with Gasteiger partial charge in [-0.05, 0) is 36.4 Å². The molecule has 0 aromatic heterocycles. The highest BCUT2D eigenvalue weighted by atomic mass is 35.5. The minimum absolute atomic E-state index is 0.0226. The standard InChI is InChI=1S/C12H7Cl2FO/c13-7-2-4-12(16)10(5-7)9-3-1-8(14)6-11(9)15/h1-6,16H. The SMILES string of the molecule is Oc1ccc(Cl)cc1-c1ccc(Cl)cc1F. The predicted molar refractivity (Wildman–Crippen MR) is 63.5 cm³/mol. The van der Waals surface area contributed by atoms with Crippen molar-refractivity contribution < 1.29 is 9.50 Å². The van der Waals surface area contributed by atoms with Crippen LogP contribution in [0.4, 0.5) is 4.39 Å². The molecule has 0 unspecified atom stereocenters. The van der Waals surface area contributed by atoms with Crippen LogP contribution >= 0.6 is 23.2 Å². The summed E-state index contributed by atoms with van der Waals surface area (Å²) in [4.78, 5) is 0. The molecule has 0 saturated carbocycles. The van der Waals surface area contributed by atoms with Gasteiger partial charge in [0.1, 0.15) is 11.6 Å². The minimum Gasteiger partial charge on any atom is -0.507 e. The lowest BCUT2D eigenvalue weighted by Crippen LogP contribution is -1.85. The Hall–Kier alpha value is -1.25. The molecule has 0 fully saturated rings. The predicted octanol–water partition coefficient (Wildman–Crippen LogP) is 4.51. The maximum atomic E-state index is 13.6. The number of phenols is 1. The lowest BCUT2D eigenvalue weighted by atomic mass is 10.0. The van der Waals surface area contributed by atoms with Crippen molar-refractivity contribution >= 4 is 23.2 Å².